The number of sulfonamides is 1. The molecule has 1 fully saturated rings. The standard InChI is InChI=1S/C18H24N4O4S/c1-11-7-5-6-8-14(11)21-27(24,25)16-9-15(26-12(16)2)17-13(10-19-20-17)18(23)22(3)4/h5-9,13,17,19-21H,10H2,1-4H3. The summed E-state index contributed by atoms with van der Waals surface area (Å²) in [5.74, 6) is 0.234. The first-order chi connectivity index (χ1) is 12.7. The molecule has 0 saturated carbocycles. The van der Waals surface area contributed by atoms with E-state index in [-0.39, 0.29) is 22.5 Å². The number of nitrogens with zero attached hydrogens (tertiary/aromatic N) is 1. The van der Waals surface area contributed by atoms with Crippen molar-refractivity contribution in [2.45, 2.75) is 24.8 Å². The summed E-state index contributed by atoms with van der Waals surface area (Å²) in [7, 11) is -0.441. The fourth-order valence-corrected chi connectivity index (χ4v) is 4.44. The van der Waals surface area contributed by atoms with E-state index < -0.39 is 16.1 Å². The highest BCUT2D eigenvalue weighted by Crippen LogP contribution is 2.32. The van der Waals surface area contributed by atoms with Crippen LogP contribution in [0.1, 0.15) is 23.1 Å². The second kappa shape index (κ2) is 7.34. The minimum absolute atomic E-state index is 0.0607. The Morgan fingerprint density at radius 2 is 1.96 bits per heavy atom. The normalized spacial score (nSPS) is 19.9. The van der Waals surface area contributed by atoms with E-state index >= 15 is 0 Å². The molecule has 2 aromatic rings. The van der Waals surface area contributed by atoms with Gasteiger partial charge in [0.1, 0.15) is 16.4 Å². The highest BCUT2D eigenvalue weighted by atomic mass is 32.2. The Kier molecular flexibility index (Phi) is 5.27. The number of amides is 1. The number of anilines is 1. The highest BCUT2D eigenvalue weighted by Gasteiger charge is 2.38. The third-order valence-corrected chi connectivity index (χ3v) is 6.09. The smallest absolute Gasteiger partial charge is 0.265 e. The summed E-state index contributed by atoms with van der Waals surface area (Å²) in [6.45, 7) is 3.86. The van der Waals surface area contributed by atoms with Crippen LogP contribution in [0.25, 0.3) is 0 Å². The van der Waals surface area contributed by atoms with Gasteiger partial charge in [-0.25, -0.2) is 13.8 Å². The monoisotopic (exact) mass is 392 g/mol. The topological polar surface area (TPSA) is 104 Å². The average molecular weight is 392 g/mol. The molecule has 8 nitrogen and oxygen atoms in total. The second-order valence-corrected chi connectivity index (χ2v) is 8.48. The lowest BCUT2D eigenvalue weighted by Crippen LogP contribution is -2.34. The van der Waals surface area contributed by atoms with Gasteiger partial charge >= 0.3 is 0 Å². The number of hydrogen-bond donors (Lipinski definition) is 3. The number of carbonyl (C=O) groups is 1. The van der Waals surface area contributed by atoms with E-state index in [0.717, 1.165) is 5.56 Å². The van der Waals surface area contributed by atoms with E-state index in [1.807, 2.05) is 19.1 Å². The third-order valence-electron chi connectivity index (χ3n) is 4.62. The van der Waals surface area contributed by atoms with Gasteiger partial charge in [-0.2, -0.15) is 0 Å². The Balaban J connectivity index is 1.90. The zero-order chi connectivity index (χ0) is 19.8. The van der Waals surface area contributed by atoms with E-state index in [1.165, 1.54) is 11.0 Å². The van der Waals surface area contributed by atoms with E-state index in [0.29, 0.717) is 18.0 Å². The van der Waals surface area contributed by atoms with Crippen LogP contribution in [0.15, 0.2) is 39.6 Å². The summed E-state index contributed by atoms with van der Waals surface area (Å²) in [6.07, 6.45) is 0. The molecule has 3 rings (SSSR count). The maximum absolute atomic E-state index is 12.8. The molecule has 1 aromatic carbocycles. The number of benzene rings is 1. The molecule has 146 valence electrons. The number of aryl methyl sites for hydroxylation is 2. The number of rotatable bonds is 5. The fourth-order valence-electron chi connectivity index (χ4n) is 3.12. The minimum Gasteiger partial charge on any atom is -0.463 e. The van der Waals surface area contributed by atoms with Gasteiger partial charge in [0.15, 0.2) is 0 Å². The molecule has 0 radical (unpaired) electrons. The number of carbonyl (C=O) groups excluding carboxylic acids is 1. The zero-order valence-corrected chi connectivity index (χ0v) is 16.6. The van der Waals surface area contributed by atoms with E-state index in [2.05, 4.69) is 15.6 Å². The molecule has 0 bridgehead atoms. The fraction of sp³-hybridized carbons (Fsp3) is 0.389. The van der Waals surface area contributed by atoms with Crippen LogP contribution >= 0.6 is 0 Å². The van der Waals surface area contributed by atoms with Gasteiger partial charge in [0.25, 0.3) is 10.0 Å². The number of furan rings is 1. The predicted molar refractivity (Wildman–Crippen MR) is 101 cm³/mol. The SMILES string of the molecule is Cc1ccccc1NS(=O)(=O)c1cc(C2NNCC2C(=O)N(C)C)oc1C. The summed E-state index contributed by atoms with van der Waals surface area (Å²) in [6, 6.07) is 8.19. The zero-order valence-electron chi connectivity index (χ0n) is 15.7. The molecule has 1 aromatic heterocycles. The van der Waals surface area contributed by atoms with Crippen molar-refractivity contribution in [2.24, 2.45) is 5.92 Å². The lowest BCUT2D eigenvalue weighted by molar-refractivity contribution is -0.133. The first kappa shape index (κ1) is 19.4. The molecule has 0 aliphatic carbocycles. The summed E-state index contributed by atoms with van der Waals surface area (Å²) >= 11 is 0. The van der Waals surface area contributed by atoms with Crippen LogP contribution in [0.4, 0.5) is 5.69 Å². The summed E-state index contributed by atoms with van der Waals surface area (Å²) in [5, 5.41) is 0. The van der Waals surface area contributed by atoms with Crippen molar-refractivity contribution in [3.63, 3.8) is 0 Å². The van der Waals surface area contributed by atoms with Gasteiger partial charge in [-0.3, -0.25) is 14.9 Å². The van der Waals surface area contributed by atoms with Gasteiger partial charge in [-0.15, -0.1) is 0 Å². The molecule has 2 unspecified atom stereocenters. The predicted octanol–water partition coefficient (Wildman–Crippen LogP) is 1.55. The number of para-hydroxylation sites is 1. The van der Waals surface area contributed by atoms with Crippen molar-refractivity contribution in [2.75, 3.05) is 25.4 Å². The van der Waals surface area contributed by atoms with Gasteiger partial charge in [-0.1, -0.05) is 18.2 Å². The molecule has 1 aliphatic rings. The molecule has 0 spiro atoms. The molecule has 1 amide bonds. The van der Waals surface area contributed by atoms with Crippen molar-refractivity contribution in [3.8, 4) is 0 Å². The maximum atomic E-state index is 12.8. The van der Waals surface area contributed by atoms with E-state index in [9.17, 15) is 13.2 Å². The first-order valence-electron chi connectivity index (χ1n) is 8.59. The summed E-state index contributed by atoms with van der Waals surface area (Å²) in [5.41, 5.74) is 7.29. The first-order valence-corrected chi connectivity index (χ1v) is 10.1. The maximum Gasteiger partial charge on any atom is 0.265 e. The molecular formula is C18H24N4O4S. The Morgan fingerprint density at radius 1 is 1.26 bits per heavy atom. The van der Waals surface area contributed by atoms with Gasteiger partial charge in [0, 0.05) is 26.7 Å². The lowest BCUT2D eigenvalue weighted by Gasteiger charge is -2.19. The Hall–Kier alpha value is -2.36. The van der Waals surface area contributed by atoms with Crippen LogP contribution in [0, 0.1) is 19.8 Å². The van der Waals surface area contributed by atoms with Crippen LogP contribution in [0.3, 0.4) is 0 Å². The molecule has 3 N–H and O–H groups in total. The van der Waals surface area contributed by atoms with Crippen molar-refractivity contribution >= 4 is 21.6 Å². The van der Waals surface area contributed by atoms with Gasteiger partial charge < -0.3 is 9.32 Å². The molecule has 27 heavy (non-hydrogen) atoms. The van der Waals surface area contributed by atoms with Crippen LogP contribution in [-0.4, -0.2) is 39.9 Å². The Labute approximate surface area is 158 Å². The average Bonchev–Trinajstić information content (AvgIpc) is 3.22. The highest BCUT2D eigenvalue weighted by molar-refractivity contribution is 7.92. The Morgan fingerprint density at radius 3 is 2.63 bits per heavy atom. The third kappa shape index (κ3) is 3.85. The molecular weight excluding hydrogens is 368 g/mol. The molecule has 1 saturated heterocycles. The van der Waals surface area contributed by atoms with Crippen LogP contribution in [0.2, 0.25) is 0 Å². The molecule has 9 heteroatoms. The quantitative estimate of drug-likeness (QED) is 0.713. The van der Waals surface area contributed by atoms with Gasteiger partial charge in [0.2, 0.25) is 5.91 Å². The second-order valence-electron chi connectivity index (χ2n) is 6.83. The van der Waals surface area contributed by atoms with Gasteiger partial charge in [-0.05, 0) is 25.5 Å². The summed E-state index contributed by atoms with van der Waals surface area (Å²) in [4.78, 5) is 13.9. The van der Waals surface area contributed by atoms with Crippen LogP contribution in [-0.2, 0) is 14.8 Å². The largest absolute Gasteiger partial charge is 0.463 e. The van der Waals surface area contributed by atoms with Crippen LogP contribution in [0.5, 0.6) is 0 Å². The van der Waals surface area contributed by atoms with Crippen molar-refractivity contribution in [1.29, 1.82) is 0 Å². The molecule has 2 heterocycles. The number of hydrazine groups is 1. The number of nitrogens with one attached hydrogen (secondary N) is 3. The molecule has 1 aliphatic heterocycles. The van der Waals surface area contributed by atoms with E-state index in [4.69, 9.17) is 4.42 Å². The molecule has 2 atom stereocenters. The van der Waals surface area contributed by atoms with E-state index in [1.54, 1.807) is 33.2 Å². The number of hydrogen-bond acceptors (Lipinski definition) is 6. The Bertz CT molecular complexity index is 952. The van der Waals surface area contributed by atoms with Gasteiger partial charge in [0.05, 0.1) is 17.6 Å². The van der Waals surface area contributed by atoms with Crippen molar-refractivity contribution in [1.82, 2.24) is 15.8 Å². The van der Waals surface area contributed by atoms with Crippen LogP contribution < -0.4 is 15.6 Å². The summed E-state index contributed by atoms with van der Waals surface area (Å²) < 4.78 is 34.0. The van der Waals surface area contributed by atoms with Crippen molar-refractivity contribution < 1.29 is 17.6 Å². The van der Waals surface area contributed by atoms with Crippen molar-refractivity contribution in [3.05, 3.63) is 47.4 Å². The lowest BCUT2D eigenvalue weighted by atomic mass is 9.98. The minimum atomic E-state index is -3.82.